The van der Waals surface area contributed by atoms with Crippen molar-refractivity contribution < 1.29 is 19.2 Å². The molecule has 0 saturated carbocycles. The molecule has 0 radical (unpaired) electrons. The molecular formula is C19H20N2O5. The van der Waals surface area contributed by atoms with E-state index in [1.54, 1.807) is 0 Å². The molecule has 2 aromatic rings. The summed E-state index contributed by atoms with van der Waals surface area (Å²) in [4.78, 5) is 34.4. The van der Waals surface area contributed by atoms with Crippen LogP contribution in [0.15, 0.2) is 48.5 Å². The summed E-state index contributed by atoms with van der Waals surface area (Å²) in [5.41, 5.74) is 0.960. The predicted molar refractivity (Wildman–Crippen MR) is 96.0 cm³/mol. The van der Waals surface area contributed by atoms with Crippen molar-refractivity contribution in [2.24, 2.45) is 0 Å². The van der Waals surface area contributed by atoms with Gasteiger partial charge >= 0.3 is 5.97 Å². The quantitative estimate of drug-likeness (QED) is 0.467. The van der Waals surface area contributed by atoms with Gasteiger partial charge in [-0.15, -0.1) is 0 Å². The fourth-order valence-corrected chi connectivity index (χ4v) is 2.49. The van der Waals surface area contributed by atoms with Gasteiger partial charge in [0.1, 0.15) is 5.56 Å². The molecule has 1 amide bonds. The average Bonchev–Trinajstić information content (AvgIpc) is 2.64. The van der Waals surface area contributed by atoms with Crippen molar-refractivity contribution in [3.63, 3.8) is 0 Å². The number of carbonyl (C=O) groups excluding carboxylic acids is 2. The van der Waals surface area contributed by atoms with E-state index in [-0.39, 0.29) is 17.2 Å². The maximum absolute atomic E-state index is 12.1. The van der Waals surface area contributed by atoms with Crippen molar-refractivity contribution in [1.29, 1.82) is 0 Å². The number of hydrogen-bond acceptors (Lipinski definition) is 5. The average molecular weight is 356 g/mol. The molecule has 0 aliphatic rings. The molecule has 0 heterocycles. The summed E-state index contributed by atoms with van der Waals surface area (Å²) in [5.74, 6) is -1.25. The first-order valence-corrected chi connectivity index (χ1v) is 8.13. The van der Waals surface area contributed by atoms with Crippen molar-refractivity contribution >= 4 is 17.6 Å². The van der Waals surface area contributed by atoms with Crippen molar-refractivity contribution in [3.8, 4) is 0 Å². The molecule has 0 unspecified atom stereocenters. The van der Waals surface area contributed by atoms with Crippen LogP contribution in [0, 0.1) is 17.0 Å². The lowest BCUT2D eigenvalue weighted by Gasteiger charge is -2.13. The minimum absolute atomic E-state index is 0.105. The molecule has 0 saturated heterocycles. The van der Waals surface area contributed by atoms with Crippen LogP contribution in [0.3, 0.4) is 0 Å². The highest BCUT2D eigenvalue weighted by atomic mass is 16.6. The number of aryl methyl sites for hydroxylation is 1. The normalized spacial score (nSPS) is 11.5. The Balaban J connectivity index is 1.89. The highest BCUT2D eigenvalue weighted by molar-refractivity contribution is 5.95. The number of nitro benzene ring substituents is 1. The Kier molecular flexibility index (Phi) is 6.43. The van der Waals surface area contributed by atoms with Crippen LogP contribution in [0.4, 0.5) is 5.69 Å². The number of para-hydroxylation sites is 1. The van der Waals surface area contributed by atoms with Gasteiger partial charge in [0.05, 0.1) is 4.92 Å². The van der Waals surface area contributed by atoms with Gasteiger partial charge in [-0.3, -0.25) is 14.9 Å². The Bertz CT molecular complexity index is 805. The highest BCUT2D eigenvalue weighted by Gasteiger charge is 2.24. The molecule has 0 spiro atoms. The number of nitrogens with zero attached hydrogens (tertiary/aromatic N) is 1. The van der Waals surface area contributed by atoms with Gasteiger partial charge in [0.15, 0.2) is 6.61 Å². The second-order valence-corrected chi connectivity index (χ2v) is 5.92. The third kappa shape index (κ3) is 4.89. The van der Waals surface area contributed by atoms with E-state index in [1.807, 2.05) is 37.3 Å². The van der Waals surface area contributed by atoms with E-state index in [4.69, 9.17) is 4.74 Å². The fraction of sp³-hybridized carbons (Fsp3) is 0.263. The van der Waals surface area contributed by atoms with Gasteiger partial charge in [0, 0.05) is 12.1 Å². The van der Waals surface area contributed by atoms with Gasteiger partial charge in [-0.2, -0.15) is 0 Å². The van der Waals surface area contributed by atoms with Crippen molar-refractivity contribution in [2.45, 2.75) is 19.8 Å². The predicted octanol–water partition coefficient (Wildman–Crippen LogP) is 2.98. The Morgan fingerprint density at radius 2 is 1.85 bits per heavy atom. The van der Waals surface area contributed by atoms with E-state index in [1.165, 1.54) is 25.1 Å². The van der Waals surface area contributed by atoms with Crippen molar-refractivity contribution in [1.82, 2.24) is 5.32 Å². The van der Waals surface area contributed by atoms with E-state index in [9.17, 15) is 19.7 Å². The fourth-order valence-electron chi connectivity index (χ4n) is 2.49. The van der Waals surface area contributed by atoms with Gasteiger partial charge in [0.25, 0.3) is 11.6 Å². The second kappa shape index (κ2) is 8.75. The zero-order valence-electron chi connectivity index (χ0n) is 14.6. The third-order valence-corrected chi connectivity index (χ3v) is 3.95. The molecule has 0 aliphatic heterocycles. The largest absolute Gasteiger partial charge is 0.452 e. The minimum Gasteiger partial charge on any atom is -0.452 e. The second-order valence-electron chi connectivity index (χ2n) is 5.92. The summed E-state index contributed by atoms with van der Waals surface area (Å²) in [6.45, 7) is 3.40. The Morgan fingerprint density at radius 3 is 2.50 bits per heavy atom. The summed E-state index contributed by atoms with van der Waals surface area (Å²) < 4.78 is 4.92. The molecule has 7 nitrogen and oxygen atoms in total. The smallest absolute Gasteiger partial charge is 0.345 e. The van der Waals surface area contributed by atoms with Gasteiger partial charge < -0.3 is 10.1 Å². The van der Waals surface area contributed by atoms with E-state index < -0.39 is 23.4 Å². The number of ether oxygens (including phenoxy) is 1. The van der Waals surface area contributed by atoms with Crippen LogP contribution in [0.1, 0.15) is 34.3 Å². The Morgan fingerprint density at radius 1 is 1.15 bits per heavy atom. The lowest BCUT2D eigenvalue weighted by atomic mass is 10.0. The molecule has 0 aliphatic carbocycles. The van der Waals surface area contributed by atoms with Crippen LogP contribution in [-0.2, 0) is 9.53 Å². The minimum atomic E-state index is -0.897. The van der Waals surface area contributed by atoms with Crippen LogP contribution >= 0.6 is 0 Å². The summed E-state index contributed by atoms with van der Waals surface area (Å²) in [6, 6.07) is 14.1. The standard InChI is InChI=1S/C19H20N2O5/c1-13-7-6-10-16(18(13)21(24)25)19(23)26-12-17(22)20-11-14(2)15-8-4-3-5-9-15/h3-10,14H,11-12H2,1-2H3,(H,20,22)/t14-/m1/s1. The molecule has 0 fully saturated rings. The highest BCUT2D eigenvalue weighted by Crippen LogP contribution is 2.23. The van der Waals surface area contributed by atoms with E-state index in [2.05, 4.69) is 5.32 Å². The number of carbonyl (C=O) groups is 2. The van der Waals surface area contributed by atoms with E-state index in [0.29, 0.717) is 12.1 Å². The summed E-state index contributed by atoms with van der Waals surface area (Å²) in [6.07, 6.45) is 0. The van der Waals surface area contributed by atoms with Gasteiger partial charge in [-0.25, -0.2) is 4.79 Å². The van der Waals surface area contributed by atoms with Gasteiger partial charge in [-0.05, 0) is 24.5 Å². The van der Waals surface area contributed by atoms with Crippen LogP contribution in [0.5, 0.6) is 0 Å². The zero-order chi connectivity index (χ0) is 19.1. The first-order valence-electron chi connectivity index (χ1n) is 8.13. The molecule has 0 bridgehead atoms. The molecule has 26 heavy (non-hydrogen) atoms. The van der Waals surface area contributed by atoms with Crippen LogP contribution in [0.25, 0.3) is 0 Å². The molecule has 0 aromatic heterocycles. The SMILES string of the molecule is Cc1cccc(C(=O)OCC(=O)NC[C@@H](C)c2ccccc2)c1[N+](=O)[O-]. The maximum atomic E-state index is 12.1. The van der Waals surface area contributed by atoms with Crippen LogP contribution in [-0.4, -0.2) is 30.0 Å². The first kappa shape index (κ1) is 19.1. The number of benzene rings is 2. The summed E-state index contributed by atoms with van der Waals surface area (Å²) >= 11 is 0. The van der Waals surface area contributed by atoms with Gasteiger partial charge in [-0.1, -0.05) is 49.4 Å². The Labute approximate surface area is 151 Å². The van der Waals surface area contributed by atoms with Crippen LogP contribution < -0.4 is 5.32 Å². The molecule has 7 heteroatoms. The maximum Gasteiger partial charge on any atom is 0.345 e. The number of esters is 1. The number of rotatable bonds is 7. The molecule has 2 rings (SSSR count). The molecule has 2 aromatic carbocycles. The summed E-state index contributed by atoms with van der Waals surface area (Å²) in [5, 5.41) is 13.8. The molecule has 1 N–H and O–H groups in total. The Hall–Kier alpha value is -3.22. The van der Waals surface area contributed by atoms with E-state index in [0.717, 1.165) is 5.56 Å². The monoisotopic (exact) mass is 356 g/mol. The number of hydrogen-bond donors (Lipinski definition) is 1. The lowest BCUT2D eigenvalue weighted by Crippen LogP contribution is -2.31. The van der Waals surface area contributed by atoms with Crippen LogP contribution in [0.2, 0.25) is 0 Å². The van der Waals surface area contributed by atoms with Crippen molar-refractivity contribution in [2.75, 3.05) is 13.2 Å². The van der Waals surface area contributed by atoms with E-state index >= 15 is 0 Å². The number of nitro groups is 1. The third-order valence-electron chi connectivity index (χ3n) is 3.95. The topological polar surface area (TPSA) is 98.5 Å². The molecular weight excluding hydrogens is 336 g/mol. The lowest BCUT2D eigenvalue weighted by molar-refractivity contribution is -0.385. The van der Waals surface area contributed by atoms with Crippen molar-refractivity contribution in [3.05, 3.63) is 75.3 Å². The number of amides is 1. The number of nitrogens with one attached hydrogen (secondary N) is 1. The molecule has 1 atom stereocenters. The first-order chi connectivity index (χ1) is 12.4. The summed E-state index contributed by atoms with van der Waals surface area (Å²) in [7, 11) is 0. The van der Waals surface area contributed by atoms with Gasteiger partial charge in [0.2, 0.25) is 0 Å². The zero-order valence-corrected chi connectivity index (χ0v) is 14.6. The molecule has 136 valence electrons.